The Morgan fingerprint density at radius 1 is 0.864 bits per heavy atom. The molecule has 112 valence electrons. The first-order chi connectivity index (χ1) is 10.8. The summed E-state index contributed by atoms with van der Waals surface area (Å²) in [5.74, 6) is 0.859. The van der Waals surface area contributed by atoms with Crippen molar-refractivity contribution in [1.82, 2.24) is 0 Å². The van der Waals surface area contributed by atoms with Gasteiger partial charge in [0.25, 0.3) is 0 Å². The minimum Gasteiger partial charge on any atom is -0.491 e. The fourth-order valence-corrected chi connectivity index (χ4v) is 2.65. The van der Waals surface area contributed by atoms with E-state index in [0.717, 1.165) is 21.9 Å². The van der Waals surface area contributed by atoms with Crippen LogP contribution in [-0.2, 0) is 4.74 Å². The van der Waals surface area contributed by atoms with Gasteiger partial charge in [-0.2, -0.15) is 0 Å². The molecule has 0 N–H and O–H groups in total. The Morgan fingerprint density at radius 3 is 2.41 bits per heavy atom. The number of fused-ring (bicyclic) bond motifs is 1. The van der Waals surface area contributed by atoms with Crippen molar-refractivity contribution in [3.8, 4) is 16.9 Å². The molecule has 3 aromatic carbocycles. The second-order valence-corrected chi connectivity index (χ2v) is 5.44. The van der Waals surface area contributed by atoms with Gasteiger partial charge in [-0.15, -0.1) is 0 Å². The first-order valence-electron chi connectivity index (χ1n) is 7.19. The monoisotopic (exact) mass is 312 g/mol. The van der Waals surface area contributed by atoms with Gasteiger partial charge in [-0.3, -0.25) is 0 Å². The van der Waals surface area contributed by atoms with Gasteiger partial charge in [0, 0.05) is 17.7 Å². The summed E-state index contributed by atoms with van der Waals surface area (Å²) in [6.07, 6.45) is 0. The smallest absolute Gasteiger partial charge is 0.127 e. The molecule has 0 spiro atoms. The van der Waals surface area contributed by atoms with Crippen LogP contribution in [0.15, 0.2) is 60.7 Å². The lowest BCUT2D eigenvalue weighted by atomic mass is 9.97. The third-order valence-electron chi connectivity index (χ3n) is 3.57. The van der Waals surface area contributed by atoms with Gasteiger partial charge in [-0.05, 0) is 34.5 Å². The van der Waals surface area contributed by atoms with Gasteiger partial charge in [-0.1, -0.05) is 54.1 Å². The van der Waals surface area contributed by atoms with Crippen molar-refractivity contribution >= 4 is 22.4 Å². The maximum absolute atomic E-state index is 6.01. The van der Waals surface area contributed by atoms with Crippen molar-refractivity contribution in [2.75, 3.05) is 20.3 Å². The van der Waals surface area contributed by atoms with Crippen molar-refractivity contribution in [3.63, 3.8) is 0 Å². The topological polar surface area (TPSA) is 18.5 Å². The molecular weight excluding hydrogens is 296 g/mol. The fourth-order valence-electron chi connectivity index (χ4n) is 2.52. The number of ether oxygens (including phenoxy) is 2. The molecule has 0 unspecified atom stereocenters. The second kappa shape index (κ2) is 6.82. The molecule has 22 heavy (non-hydrogen) atoms. The summed E-state index contributed by atoms with van der Waals surface area (Å²) >= 11 is 6.01. The molecule has 0 aromatic heterocycles. The summed E-state index contributed by atoms with van der Waals surface area (Å²) < 4.78 is 11.0. The van der Waals surface area contributed by atoms with Crippen LogP contribution in [-0.4, -0.2) is 20.3 Å². The summed E-state index contributed by atoms with van der Waals surface area (Å²) in [5.41, 5.74) is 2.18. The van der Waals surface area contributed by atoms with Crippen LogP contribution in [0.3, 0.4) is 0 Å². The van der Waals surface area contributed by atoms with E-state index in [9.17, 15) is 0 Å². The lowest BCUT2D eigenvalue weighted by Crippen LogP contribution is -2.05. The highest BCUT2D eigenvalue weighted by Crippen LogP contribution is 2.37. The zero-order chi connectivity index (χ0) is 15.4. The zero-order valence-corrected chi connectivity index (χ0v) is 13.1. The Kier molecular flexibility index (Phi) is 4.62. The number of hydrogen-bond acceptors (Lipinski definition) is 2. The quantitative estimate of drug-likeness (QED) is 0.604. The maximum atomic E-state index is 6.01. The van der Waals surface area contributed by atoms with E-state index in [1.807, 2.05) is 42.5 Å². The Morgan fingerprint density at radius 2 is 1.64 bits per heavy atom. The number of methoxy groups -OCH3 is 1. The fraction of sp³-hybridized carbons (Fsp3) is 0.158. The Balaban J connectivity index is 2.13. The van der Waals surface area contributed by atoms with Gasteiger partial charge < -0.3 is 9.47 Å². The largest absolute Gasteiger partial charge is 0.491 e. The molecule has 0 bridgehead atoms. The van der Waals surface area contributed by atoms with Gasteiger partial charge in [0.05, 0.1) is 6.61 Å². The third kappa shape index (κ3) is 3.08. The van der Waals surface area contributed by atoms with E-state index >= 15 is 0 Å². The van der Waals surface area contributed by atoms with Crippen LogP contribution in [0.2, 0.25) is 5.02 Å². The molecule has 0 fully saturated rings. The predicted octanol–water partition coefficient (Wildman–Crippen LogP) is 5.19. The Bertz CT molecular complexity index is 766. The Hall–Kier alpha value is -2.03. The molecule has 0 radical (unpaired) electrons. The molecule has 0 amide bonds. The summed E-state index contributed by atoms with van der Waals surface area (Å²) in [6, 6.07) is 20.2. The maximum Gasteiger partial charge on any atom is 0.127 e. The van der Waals surface area contributed by atoms with E-state index in [2.05, 4.69) is 18.2 Å². The average molecular weight is 313 g/mol. The SMILES string of the molecule is COCCOc1ccc2ccccc2c1-c1ccc(Cl)cc1. The second-order valence-electron chi connectivity index (χ2n) is 5.01. The van der Waals surface area contributed by atoms with Crippen LogP contribution in [0.25, 0.3) is 21.9 Å². The van der Waals surface area contributed by atoms with Crippen LogP contribution in [0, 0.1) is 0 Å². The van der Waals surface area contributed by atoms with Crippen LogP contribution >= 0.6 is 11.6 Å². The van der Waals surface area contributed by atoms with Gasteiger partial charge in [0.1, 0.15) is 12.4 Å². The van der Waals surface area contributed by atoms with Crippen molar-refractivity contribution in [2.45, 2.75) is 0 Å². The molecule has 0 aliphatic heterocycles. The standard InChI is InChI=1S/C19H17ClO2/c1-21-12-13-22-18-11-8-14-4-2-3-5-17(14)19(18)15-6-9-16(20)10-7-15/h2-11H,12-13H2,1H3. The molecule has 3 rings (SSSR count). The highest BCUT2D eigenvalue weighted by Gasteiger charge is 2.11. The molecule has 2 nitrogen and oxygen atoms in total. The average Bonchev–Trinajstić information content (AvgIpc) is 2.56. The summed E-state index contributed by atoms with van der Waals surface area (Å²) in [5, 5.41) is 3.08. The Labute approximate surface area is 135 Å². The van der Waals surface area contributed by atoms with E-state index in [1.165, 1.54) is 10.8 Å². The van der Waals surface area contributed by atoms with Gasteiger partial charge in [0.2, 0.25) is 0 Å². The zero-order valence-electron chi connectivity index (χ0n) is 12.4. The van der Waals surface area contributed by atoms with Crippen LogP contribution < -0.4 is 4.74 Å². The molecule has 0 atom stereocenters. The number of rotatable bonds is 5. The lowest BCUT2D eigenvalue weighted by molar-refractivity contribution is 0.146. The highest BCUT2D eigenvalue weighted by molar-refractivity contribution is 6.30. The molecule has 0 aliphatic carbocycles. The summed E-state index contributed by atoms with van der Waals surface area (Å²) in [4.78, 5) is 0. The van der Waals surface area contributed by atoms with Crippen molar-refractivity contribution in [2.24, 2.45) is 0 Å². The van der Waals surface area contributed by atoms with Crippen LogP contribution in [0.4, 0.5) is 0 Å². The molecular formula is C19H17ClO2. The molecule has 0 saturated carbocycles. The minimum atomic E-state index is 0.523. The number of benzene rings is 3. The van der Waals surface area contributed by atoms with E-state index in [4.69, 9.17) is 21.1 Å². The molecule has 0 saturated heterocycles. The first kappa shape index (κ1) is 14.9. The summed E-state index contributed by atoms with van der Waals surface area (Å²) in [7, 11) is 1.67. The van der Waals surface area contributed by atoms with E-state index in [-0.39, 0.29) is 0 Å². The third-order valence-corrected chi connectivity index (χ3v) is 3.82. The highest BCUT2D eigenvalue weighted by atomic mass is 35.5. The van der Waals surface area contributed by atoms with E-state index < -0.39 is 0 Å². The van der Waals surface area contributed by atoms with Crippen molar-refractivity contribution < 1.29 is 9.47 Å². The summed E-state index contributed by atoms with van der Waals surface area (Å²) in [6.45, 7) is 1.09. The minimum absolute atomic E-state index is 0.523. The number of hydrogen-bond donors (Lipinski definition) is 0. The number of halogens is 1. The molecule has 0 aliphatic rings. The normalized spacial score (nSPS) is 10.8. The van der Waals surface area contributed by atoms with Gasteiger partial charge >= 0.3 is 0 Å². The van der Waals surface area contributed by atoms with Crippen molar-refractivity contribution in [3.05, 3.63) is 65.7 Å². The van der Waals surface area contributed by atoms with Gasteiger partial charge in [-0.25, -0.2) is 0 Å². The first-order valence-corrected chi connectivity index (χ1v) is 7.57. The van der Waals surface area contributed by atoms with Gasteiger partial charge in [0.15, 0.2) is 0 Å². The van der Waals surface area contributed by atoms with Crippen LogP contribution in [0.1, 0.15) is 0 Å². The molecule has 3 heteroatoms. The van der Waals surface area contributed by atoms with Crippen molar-refractivity contribution in [1.29, 1.82) is 0 Å². The lowest BCUT2D eigenvalue weighted by Gasteiger charge is -2.14. The van der Waals surface area contributed by atoms with Crippen LogP contribution in [0.5, 0.6) is 5.75 Å². The predicted molar refractivity (Wildman–Crippen MR) is 91.8 cm³/mol. The molecule has 3 aromatic rings. The molecule has 0 heterocycles. The van der Waals surface area contributed by atoms with E-state index in [0.29, 0.717) is 13.2 Å². The van der Waals surface area contributed by atoms with E-state index in [1.54, 1.807) is 7.11 Å².